The van der Waals surface area contributed by atoms with Crippen LogP contribution in [0.5, 0.6) is 0 Å². The van der Waals surface area contributed by atoms with Crippen LogP contribution in [0, 0.1) is 20.8 Å². The van der Waals surface area contributed by atoms with E-state index < -0.39 is 5.91 Å². The van der Waals surface area contributed by atoms with Gasteiger partial charge in [-0.05, 0) is 60.7 Å². The number of primary amides is 1. The molecule has 0 aliphatic carbocycles. The number of carbonyl (C=O) groups excluding carboxylic acids is 1. The first-order valence-electron chi connectivity index (χ1n) is 10.1. The number of fused-ring (bicyclic) bond motifs is 1. The van der Waals surface area contributed by atoms with E-state index >= 15 is 0 Å². The molecule has 5 nitrogen and oxygen atoms in total. The lowest BCUT2D eigenvalue weighted by molar-refractivity contribution is 0.100. The van der Waals surface area contributed by atoms with Crippen molar-refractivity contribution < 1.29 is 4.79 Å². The third-order valence-electron chi connectivity index (χ3n) is 5.68. The summed E-state index contributed by atoms with van der Waals surface area (Å²) in [4.78, 5) is 22.9. The first kappa shape index (κ1) is 19.8. The Morgan fingerprint density at radius 3 is 2.33 bits per heavy atom. The summed E-state index contributed by atoms with van der Waals surface area (Å²) in [5.74, 6) is 0.404. The second-order valence-electron chi connectivity index (χ2n) is 7.92. The fourth-order valence-corrected chi connectivity index (χ4v) is 4.19. The van der Waals surface area contributed by atoms with Gasteiger partial charge in [0.15, 0.2) is 0 Å². The first-order chi connectivity index (χ1) is 14.3. The largest absolute Gasteiger partial charge is 0.366 e. The molecule has 2 heterocycles. The molecular formula is C25H26N4O. The Morgan fingerprint density at radius 1 is 1.03 bits per heavy atom. The van der Waals surface area contributed by atoms with Gasteiger partial charge < -0.3 is 10.6 Å². The number of rotatable bonds is 4. The van der Waals surface area contributed by atoms with Crippen molar-refractivity contribution >= 4 is 11.6 Å². The van der Waals surface area contributed by atoms with Crippen LogP contribution in [0.1, 0.15) is 44.3 Å². The van der Waals surface area contributed by atoms with E-state index in [1.807, 2.05) is 19.1 Å². The van der Waals surface area contributed by atoms with Gasteiger partial charge in [-0.2, -0.15) is 0 Å². The van der Waals surface area contributed by atoms with E-state index in [0.29, 0.717) is 5.56 Å². The van der Waals surface area contributed by atoms with Crippen molar-refractivity contribution in [2.24, 2.45) is 5.73 Å². The van der Waals surface area contributed by atoms with Crippen molar-refractivity contribution in [2.75, 3.05) is 11.9 Å². The normalized spacial score (nSPS) is 12.7. The molecule has 4 rings (SSSR count). The standard InChI is InChI=1S/C25H26N4O/c1-15-12-20(18-7-9-19(10-8-18)25(26)30)13-16(2)21(15)14-23-24-22(27-17(3)28-23)6-5-11-29(24)4/h5,7-13H,6,14H2,1-4H3,(H2,26,30). The number of amides is 1. The van der Waals surface area contributed by atoms with Gasteiger partial charge in [-0.1, -0.05) is 30.3 Å². The summed E-state index contributed by atoms with van der Waals surface area (Å²) >= 11 is 0. The van der Waals surface area contributed by atoms with Gasteiger partial charge >= 0.3 is 0 Å². The molecule has 1 amide bonds. The minimum Gasteiger partial charge on any atom is -0.366 e. The highest BCUT2D eigenvalue weighted by molar-refractivity contribution is 5.93. The van der Waals surface area contributed by atoms with Crippen molar-refractivity contribution in [1.82, 2.24) is 9.97 Å². The van der Waals surface area contributed by atoms with Crippen molar-refractivity contribution in [1.29, 1.82) is 0 Å². The van der Waals surface area contributed by atoms with E-state index in [9.17, 15) is 4.79 Å². The molecule has 2 aromatic carbocycles. The molecule has 0 spiro atoms. The number of nitrogens with two attached hydrogens (primary N) is 1. The van der Waals surface area contributed by atoms with Crippen molar-refractivity contribution in [3.63, 3.8) is 0 Å². The number of aryl methyl sites for hydroxylation is 3. The summed E-state index contributed by atoms with van der Waals surface area (Å²) in [6.45, 7) is 6.25. The number of hydrogen-bond donors (Lipinski definition) is 1. The Balaban J connectivity index is 1.71. The fraction of sp³-hybridized carbons (Fsp3) is 0.240. The maximum atomic E-state index is 11.3. The minimum absolute atomic E-state index is 0.410. The molecule has 5 heteroatoms. The smallest absolute Gasteiger partial charge is 0.248 e. The van der Waals surface area contributed by atoms with Gasteiger partial charge in [-0.15, -0.1) is 0 Å². The molecular weight excluding hydrogens is 372 g/mol. The second kappa shape index (κ2) is 7.75. The molecule has 0 radical (unpaired) electrons. The van der Waals surface area contributed by atoms with Gasteiger partial charge in [0.25, 0.3) is 0 Å². The monoisotopic (exact) mass is 398 g/mol. The van der Waals surface area contributed by atoms with E-state index in [2.05, 4.69) is 55.2 Å². The Bertz CT molecular complexity index is 1140. The molecule has 1 aromatic heterocycles. The molecule has 2 N–H and O–H groups in total. The van der Waals surface area contributed by atoms with Gasteiger partial charge in [-0.3, -0.25) is 4.79 Å². The van der Waals surface area contributed by atoms with E-state index in [-0.39, 0.29) is 0 Å². The van der Waals surface area contributed by atoms with Gasteiger partial charge in [0.2, 0.25) is 5.91 Å². The lowest BCUT2D eigenvalue weighted by Crippen LogP contribution is -2.20. The number of carbonyl (C=O) groups is 1. The number of aromatic nitrogens is 2. The van der Waals surface area contributed by atoms with Gasteiger partial charge in [0, 0.05) is 31.7 Å². The van der Waals surface area contributed by atoms with Crippen LogP contribution in [0.15, 0.2) is 48.7 Å². The molecule has 0 saturated heterocycles. The Morgan fingerprint density at radius 2 is 1.70 bits per heavy atom. The van der Waals surface area contributed by atoms with Gasteiger partial charge in [0.05, 0.1) is 17.1 Å². The zero-order chi connectivity index (χ0) is 21.4. The molecule has 1 aliphatic rings. The molecule has 3 aromatic rings. The van der Waals surface area contributed by atoms with Crippen LogP contribution in [-0.4, -0.2) is 22.9 Å². The van der Waals surface area contributed by atoms with Crippen molar-refractivity contribution in [3.05, 3.63) is 88.1 Å². The van der Waals surface area contributed by atoms with Crippen LogP contribution in [0.2, 0.25) is 0 Å². The van der Waals surface area contributed by atoms with Crippen molar-refractivity contribution in [3.8, 4) is 11.1 Å². The molecule has 1 aliphatic heterocycles. The van der Waals surface area contributed by atoms with Gasteiger partial charge in [-0.25, -0.2) is 9.97 Å². The van der Waals surface area contributed by atoms with E-state index in [1.54, 1.807) is 12.1 Å². The fourth-order valence-electron chi connectivity index (χ4n) is 4.19. The molecule has 152 valence electrons. The first-order valence-corrected chi connectivity index (χ1v) is 10.1. The van der Waals surface area contributed by atoms with Crippen molar-refractivity contribution in [2.45, 2.75) is 33.6 Å². The Kier molecular flexibility index (Phi) is 5.12. The predicted molar refractivity (Wildman–Crippen MR) is 121 cm³/mol. The summed E-state index contributed by atoms with van der Waals surface area (Å²) < 4.78 is 0. The highest BCUT2D eigenvalue weighted by Crippen LogP contribution is 2.32. The van der Waals surface area contributed by atoms with Crippen LogP contribution in [0.4, 0.5) is 5.69 Å². The minimum atomic E-state index is -0.410. The average Bonchev–Trinajstić information content (AvgIpc) is 2.70. The number of nitrogens with zero attached hydrogens (tertiary/aromatic N) is 3. The number of allylic oxidation sites excluding steroid dienone is 1. The average molecular weight is 399 g/mol. The van der Waals surface area contributed by atoms with Crippen LogP contribution in [0.25, 0.3) is 11.1 Å². The number of anilines is 1. The lowest BCUT2D eigenvalue weighted by atomic mass is 9.92. The van der Waals surface area contributed by atoms with Crippen LogP contribution < -0.4 is 10.6 Å². The zero-order valence-electron chi connectivity index (χ0n) is 17.9. The SMILES string of the molecule is Cc1nc2c(c(Cc3c(C)cc(-c4ccc(C(N)=O)cc4)cc3C)n1)N(C)C=CC2. The van der Waals surface area contributed by atoms with E-state index in [4.69, 9.17) is 10.7 Å². The summed E-state index contributed by atoms with van der Waals surface area (Å²) in [6, 6.07) is 11.8. The van der Waals surface area contributed by atoms with Crippen LogP contribution in [-0.2, 0) is 12.8 Å². The zero-order valence-corrected chi connectivity index (χ0v) is 17.9. The van der Waals surface area contributed by atoms with E-state index in [1.165, 1.54) is 16.7 Å². The highest BCUT2D eigenvalue weighted by atomic mass is 16.1. The summed E-state index contributed by atoms with van der Waals surface area (Å²) in [5, 5.41) is 0. The molecule has 0 unspecified atom stereocenters. The van der Waals surface area contributed by atoms with Crippen LogP contribution in [0.3, 0.4) is 0 Å². The molecule has 0 fully saturated rings. The Labute approximate surface area is 177 Å². The maximum absolute atomic E-state index is 11.3. The maximum Gasteiger partial charge on any atom is 0.248 e. The molecule has 0 bridgehead atoms. The van der Waals surface area contributed by atoms with E-state index in [0.717, 1.165) is 46.9 Å². The quantitative estimate of drug-likeness (QED) is 0.713. The number of benzene rings is 2. The highest BCUT2D eigenvalue weighted by Gasteiger charge is 2.19. The Hall–Kier alpha value is -3.47. The van der Waals surface area contributed by atoms with Gasteiger partial charge in [0.1, 0.15) is 5.82 Å². The number of hydrogen-bond acceptors (Lipinski definition) is 4. The third-order valence-corrected chi connectivity index (χ3v) is 5.68. The molecule has 0 saturated carbocycles. The summed E-state index contributed by atoms with van der Waals surface area (Å²) in [6.07, 6.45) is 5.83. The third kappa shape index (κ3) is 3.71. The predicted octanol–water partition coefficient (Wildman–Crippen LogP) is 4.26. The second-order valence-corrected chi connectivity index (χ2v) is 7.92. The summed E-state index contributed by atoms with van der Waals surface area (Å²) in [5.41, 5.74) is 15.1. The molecule has 30 heavy (non-hydrogen) atoms. The van der Waals surface area contributed by atoms with Crippen LogP contribution >= 0.6 is 0 Å². The lowest BCUT2D eigenvalue weighted by Gasteiger charge is -2.25. The molecule has 0 atom stereocenters. The topological polar surface area (TPSA) is 72.1 Å². The summed E-state index contributed by atoms with van der Waals surface area (Å²) in [7, 11) is 2.05.